The zero-order chi connectivity index (χ0) is 20.4. The molecule has 0 saturated heterocycles. The number of rotatable bonds is 6. The standard InChI is InChI=1S/C20H20BrN5O3/c1-3-29-16-10-13(21)6-9-15(16)18-22-19-17(20(27)23-18)24-25-26(19)11-12-4-7-14(28-2)8-5-12/h4-10,24-25H,3,11H2,1-2H3,(H,22,23,27)/p+1. The van der Waals surface area contributed by atoms with Gasteiger partial charge < -0.3 is 14.5 Å². The Morgan fingerprint density at radius 2 is 2.00 bits per heavy atom. The fraction of sp³-hybridized carbons (Fsp3) is 0.200. The third kappa shape index (κ3) is 3.92. The maximum absolute atomic E-state index is 12.7. The molecule has 0 unspecified atom stereocenters. The summed E-state index contributed by atoms with van der Waals surface area (Å²) in [6.45, 7) is 3.00. The third-order valence-electron chi connectivity index (χ3n) is 4.55. The highest BCUT2D eigenvalue weighted by Gasteiger charge is 2.29. The molecule has 0 spiro atoms. The van der Waals surface area contributed by atoms with Gasteiger partial charge in [0.2, 0.25) is 5.82 Å². The topological polar surface area (TPSA) is 96.1 Å². The lowest BCUT2D eigenvalue weighted by atomic mass is 10.2. The van der Waals surface area contributed by atoms with Crippen molar-refractivity contribution in [2.45, 2.75) is 13.5 Å². The second-order valence-electron chi connectivity index (χ2n) is 6.44. The lowest BCUT2D eigenvalue weighted by Crippen LogP contribution is -2.95. The molecule has 0 atom stereocenters. The van der Waals surface area contributed by atoms with Crippen LogP contribution in [0.3, 0.4) is 0 Å². The molecule has 4 rings (SSSR count). The van der Waals surface area contributed by atoms with Gasteiger partial charge in [0.15, 0.2) is 5.69 Å². The van der Waals surface area contributed by atoms with E-state index >= 15 is 0 Å². The molecule has 3 aromatic rings. The second-order valence-corrected chi connectivity index (χ2v) is 7.35. The molecule has 0 bridgehead atoms. The Hall–Kier alpha value is -3.04. The molecule has 0 aliphatic carbocycles. The molecule has 1 aromatic heterocycles. The number of ether oxygens (including phenoxy) is 2. The van der Waals surface area contributed by atoms with Crippen LogP contribution in [0.4, 0.5) is 11.5 Å². The zero-order valence-electron chi connectivity index (χ0n) is 16.0. The number of nitrogen functional groups attached to an aromatic ring is 1. The van der Waals surface area contributed by atoms with E-state index in [0.717, 1.165) is 21.3 Å². The molecular weight excluding hydrogens is 438 g/mol. The van der Waals surface area contributed by atoms with Crippen LogP contribution in [0.15, 0.2) is 51.7 Å². The molecule has 9 heteroatoms. The van der Waals surface area contributed by atoms with E-state index in [-0.39, 0.29) is 5.56 Å². The predicted octanol–water partition coefficient (Wildman–Crippen LogP) is 2.43. The number of quaternary nitrogens is 1. The van der Waals surface area contributed by atoms with Crippen molar-refractivity contribution in [1.82, 2.24) is 9.97 Å². The minimum absolute atomic E-state index is 0.233. The monoisotopic (exact) mass is 458 g/mol. The Morgan fingerprint density at radius 3 is 2.72 bits per heavy atom. The summed E-state index contributed by atoms with van der Waals surface area (Å²) in [6, 6.07) is 13.4. The van der Waals surface area contributed by atoms with E-state index in [1.807, 2.05) is 54.4 Å². The van der Waals surface area contributed by atoms with Gasteiger partial charge in [-0.25, -0.2) is 10.4 Å². The average Bonchev–Trinajstić information content (AvgIpc) is 3.12. The summed E-state index contributed by atoms with van der Waals surface area (Å²) in [5.74, 6) is 2.49. The zero-order valence-corrected chi connectivity index (χ0v) is 17.6. The molecule has 2 aromatic carbocycles. The van der Waals surface area contributed by atoms with Crippen LogP contribution < -0.4 is 31.0 Å². The number of nitrogens with two attached hydrogens (primary N) is 1. The number of hydrogen-bond acceptors (Lipinski definition) is 6. The summed E-state index contributed by atoms with van der Waals surface area (Å²) in [6.07, 6.45) is 0. The van der Waals surface area contributed by atoms with Crippen LogP contribution in [0.1, 0.15) is 12.5 Å². The number of nitrogens with zero attached hydrogens (tertiary/aromatic N) is 2. The van der Waals surface area contributed by atoms with E-state index in [4.69, 9.17) is 14.5 Å². The van der Waals surface area contributed by atoms with Crippen molar-refractivity contribution in [3.8, 4) is 22.9 Å². The van der Waals surface area contributed by atoms with Crippen LogP contribution in [0, 0.1) is 0 Å². The van der Waals surface area contributed by atoms with Crippen LogP contribution in [0.25, 0.3) is 11.4 Å². The molecule has 1 aliphatic rings. The number of aromatic amines is 1. The van der Waals surface area contributed by atoms with Gasteiger partial charge in [0.05, 0.1) is 25.8 Å². The molecule has 0 fully saturated rings. The van der Waals surface area contributed by atoms with Crippen LogP contribution in [0.2, 0.25) is 0 Å². The van der Waals surface area contributed by atoms with Crippen molar-refractivity contribution in [3.05, 3.63) is 62.9 Å². The summed E-state index contributed by atoms with van der Waals surface area (Å²) in [7, 11) is 1.64. The maximum Gasteiger partial charge on any atom is 0.282 e. The number of halogens is 1. The Bertz CT molecular complexity index is 1080. The highest BCUT2D eigenvalue weighted by Crippen LogP contribution is 2.32. The van der Waals surface area contributed by atoms with Crippen LogP contribution in [0.5, 0.6) is 11.5 Å². The van der Waals surface area contributed by atoms with Crippen molar-refractivity contribution >= 4 is 27.4 Å². The molecule has 2 heterocycles. The molecular formula is C20H21BrN5O3+. The summed E-state index contributed by atoms with van der Waals surface area (Å²) in [5, 5.41) is 1.91. The van der Waals surface area contributed by atoms with Gasteiger partial charge in [0.25, 0.3) is 5.56 Å². The summed E-state index contributed by atoms with van der Waals surface area (Å²) >= 11 is 3.46. The van der Waals surface area contributed by atoms with Gasteiger partial charge in [0, 0.05) is 4.47 Å². The highest BCUT2D eigenvalue weighted by molar-refractivity contribution is 9.10. The van der Waals surface area contributed by atoms with Crippen molar-refractivity contribution < 1.29 is 15.0 Å². The number of nitrogens with one attached hydrogen (secondary N) is 2. The first kappa shape index (κ1) is 19.3. The van der Waals surface area contributed by atoms with Gasteiger partial charge in [-0.3, -0.25) is 4.79 Å². The van der Waals surface area contributed by atoms with E-state index in [2.05, 4.69) is 26.3 Å². The minimum atomic E-state index is -0.233. The van der Waals surface area contributed by atoms with Gasteiger partial charge >= 0.3 is 0 Å². The number of H-pyrrole nitrogens is 1. The largest absolute Gasteiger partial charge is 0.497 e. The van der Waals surface area contributed by atoms with Gasteiger partial charge in [-0.1, -0.05) is 28.1 Å². The highest BCUT2D eigenvalue weighted by atomic mass is 79.9. The predicted molar refractivity (Wildman–Crippen MR) is 114 cm³/mol. The summed E-state index contributed by atoms with van der Waals surface area (Å²) < 4.78 is 11.8. The number of fused-ring (bicyclic) bond motifs is 1. The van der Waals surface area contributed by atoms with Crippen molar-refractivity contribution in [3.63, 3.8) is 0 Å². The Kier molecular flexibility index (Phi) is 5.41. The molecule has 4 N–H and O–H groups in total. The van der Waals surface area contributed by atoms with Crippen LogP contribution >= 0.6 is 15.9 Å². The second kappa shape index (κ2) is 8.14. The van der Waals surface area contributed by atoms with Crippen molar-refractivity contribution in [2.24, 2.45) is 0 Å². The lowest BCUT2D eigenvalue weighted by molar-refractivity contribution is -0.633. The van der Waals surface area contributed by atoms with Gasteiger partial charge in [0.1, 0.15) is 17.3 Å². The number of aromatic nitrogens is 2. The van der Waals surface area contributed by atoms with Gasteiger partial charge in [-0.05, 0) is 42.8 Å². The van der Waals surface area contributed by atoms with Crippen LogP contribution in [-0.4, -0.2) is 23.7 Å². The first-order valence-corrected chi connectivity index (χ1v) is 9.95. The Morgan fingerprint density at radius 1 is 1.21 bits per heavy atom. The van der Waals surface area contributed by atoms with E-state index < -0.39 is 0 Å². The fourth-order valence-corrected chi connectivity index (χ4v) is 3.49. The number of methoxy groups -OCH3 is 1. The smallest absolute Gasteiger partial charge is 0.282 e. The lowest BCUT2D eigenvalue weighted by Gasteiger charge is -2.14. The number of hydrogen-bond donors (Lipinski definition) is 3. The summed E-state index contributed by atoms with van der Waals surface area (Å²) in [4.78, 5) is 20.2. The molecule has 0 saturated carbocycles. The van der Waals surface area contributed by atoms with E-state index in [0.29, 0.717) is 36.2 Å². The van der Waals surface area contributed by atoms with Gasteiger partial charge in [-0.15, -0.1) is 5.53 Å². The molecule has 0 radical (unpaired) electrons. The first-order chi connectivity index (χ1) is 14.1. The maximum atomic E-state index is 12.7. The SMILES string of the molecule is CCOc1cc(Br)ccc1-c1nc2c(c(=O)[nH]1)N[NH2+]N2Cc1ccc(OC)cc1. The fourth-order valence-electron chi connectivity index (χ4n) is 3.15. The van der Waals surface area contributed by atoms with Crippen LogP contribution in [-0.2, 0) is 6.54 Å². The molecule has 8 nitrogen and oxygen atoms in total. The number of anilines is 2. The third-order valence-corrected chi connectivity index (χ3v) is 5.04. The van der Waals surface area contributed by atoms with E-state index in [1.165, 1.54) is 0 Å². The van der Waals surface area contributed by atoms with Gasteiger partial charge in [-0.2, -0.15) is 5.01 Å². The van der Waals surface area contributed by atoms with Crippen molar-refractivity contribution in [2.75, 3.05) is 24.2 Å². The minimum Gasteiger partial charge on any atom is -0.497 e. The molecule has 150 valence electrons. The van der Waals surface area contributed by atoms with E-state index in [9.17, 15) is 4.79 Å². The normalized spacial score (nSPS) is 12.4. The Labute approximate surface area is 175 Å². The molecule has 0 amide bonds. The van der Waals surface area contributed by atoms with E-state index in [1.54, 1.807) is 12.6 Å². The first-order valence-electron chi connectivity index (χ1n) is 9.15. The quantitative estimate of drug-likeness (QED) is 0.491. The number of benzene rings is 2. The molecule has 1 aliphatic heterocycles. The Balaban J connectivity index is 1.70. The average molecular weight is 459 g/mol. The van der Waals surface area contributed by atoms with Crippen molar-refractivity contribution in [1.29, 1.82) is 0 Å². The summed E-state index contributed by atoms with van der Waals surface area (Å²) in [5.41, 5.74) is 6.77. The molecule has 29 heavy (non-hydrogen) atoms.